The smallest absolute Gasteiger partial charge is 0.338 e. The highest BCUT2D eigenvalue weighted by Crippen LogP contribution is 2.51. The summed E-state index contributed by atoms with van der Waals surface area (Å²) in [5.41, 5.74) is 4.06. The van der Waals surface area contributed by atoms with Crippen molar-refractivity contribution in [3.05, 3.63) is 93.9 Å². The Labute approximate surface area is 219 Å². The first-order chi connectivity index (χ1) is 17.5. The fraction of sp³-hybridized carbons (Fsp3) is 0.179. The Morgan fingerprint density at radius 3 is 2.47 bits per heavy atom. The molecule has 0 spiro atoms. The lowest BCUT2D eigenvalue weighted by molar-refractivity contribution is -0.113. The number of rotatable bonds is 5. The van der Waals surface area contributed by atoms with Gasteiger partial charge in [-0.2, -0.15) is 0 Å². The third kappa shape index (κ3) is 4.54. The third-order valence-corrected chi connectivity index (χ3v) is 8.10. The number of carbonyl (C=O) groups excluding carboxylic acids is 2. The molecule has 0 radical (unpaired) electrons. The van der Waals surface area contributed by atoms with E-state index in [1.165, 1.54) is 11.8 Å². The molecule has 5 rings (SSSR count). The molecule has 3 aromatic carbocycles. The molecule has 2 aliphatic rings. The van der Waals surface area contributed by atoms with Crippen LogP contribution in [0.3, 0.4) is 0 Å². The van der Waals surface area contributed by atoms with Crippen molar-refractivity contribution in [2.24, 2.45) is 4.99 Å². The van der Waals surface area contributed by atoms with Gasteiger partial charge in [-0.05, 0) is 86.6 Å². The molecule has 8 heteroatoms. The normalized spacial score (nSPS) is 18.2. The predicted octanol–water partition coefficient (Wildman–Crippen LogP) is 6.74. The maximum absolute atomic E-state index is 13.9. The van der Waals surface area contributed by atoms with Crippen LogP contribution in [0.4, 0.5) is 17.1 Å². The van der Waals surface area contributed by atoms with Crippen molar-refractivity contribution in [1.82, 2.24) is 0 Å². The number of para-hydroxylation sites is 1. The second kappa shape index (κ2) is 10.2. The van der Waals surface area contributed by atoms with E-state index >= 15 is 0 Å². The Bertz CT molecular complexity index is 1400. The summed E-state index contributed by atoms with van der Waals surface area (Å²) in [5.74, 6) is -0.464. The molecule has 36 heavy (non-hydrogen) atoms. The van der Waals surface area contributed by atoms with Gasteiger partial charge in [-0.15, -0.1) is 0 Å². The first-order valence-corrected chi connectivity index (χ1v) is 13.4. The maximum atomic E-state index is 13.9. The van der Waals surface area contributed by atoms with Gasteiger partial charge in [0.15, 0.2) is 5.17 Å². The summed E-state index contributed by atoms with van der Waals surface area (Å²) in [6.45, 7) is 6.94. The molecule has 6 nitrogen and oxygen atoms in total. The molecule has 1 fully saturated rings. The highest BCUT2D eigenvalue weighted by molar-refractivity contribution is 8.20. The van der Waals surface area contributed by atoms with E-state index in [4.69, 9.17) is 9.73 Å². The van der Waals surface area contributed by atoms with E-state index in [-0.39, 0.29) is 11.9 Å². The van der Waals surface area contributed by atoms with Crippen molar-refractivity contribution in [3.8, 4) is 0 Å². The van der Waals surface area contributed by atoms with Gasteiger partial charge in [-0.3, -0.25) is 9.69 Å². The molecule has 0 aliphatic carbocycles. The Balaban J connectivity index is 1.57. The molecular formula is C28H25N3O3S2. The van der Waals surface area contributed by atoms with E-state index in [0.717, 1.165) is 33.4 Å². The van der Waals surface area contributed by atoms with Crippen molar-refractivity contribution in [1.29, 1.82) is 0 Å². The van der Waals surface area contributed by atoms with E-state index in [0.29, 0.717) is 27.9 Å². The molecule has 0 aromatic heterocycles. The summed E-state index contributed by atoms with van der Waals surface area (Å²) in [7, 11) is 0. The lowest BCUT2D eigenvalue weighted by Gasteiger charge is -2.19. The van der Waals surface area contributed by atoms with E-state index in [2.05, 4.69) is 24.0 Å². The minimum Gasteiger partial charge on any atom is -0.462 e. The van der Waals surface area contributed by atoms with Crippen LogP contribution in [0.1, 0.15) is 29.8 Å². The summed E-state index contributed by atoms with van der Waals surface area (Å²) >= 11 is 3.00. The van der Waals surface area contributed by atoms with Crippen LogP contribution in [0.2, 0.25) is 0 Å². The fourth-order valence-corrected chi connectivity index (χ4v) is 6.48. The van der Waals surface area contributed by atoms with Gasteiger partial charge in [0.2, 0.25) is 0 Å². The van der Waals surface area contributed by atoms with Gasteiger partial charge in [0.05, 0.1) is 29.2 Å². The molecule has 1 saturated heterocycles. The average molecular weight is 516 g/mol. The number of ether oxygens (including phenoxy) is 1. The number of carbonyl (C=O) groups is 2. The number of thioether (sulfide) groups is 2. The third-order valence-electron chi connectivity index (χ3n) is 5.76. The number of aryl methyl sites for hydroxylation is 1. The standard InChI is InChI=1S/C28H25N3O3S2/c1-4-30-22-11-6-7-12-23(22)35-26(30)24-25(32)31(21-10-8-9-18(3)17-21)28(36-24)29-20-15-13-19(14-16-20)27(33)34-5-2/h6-17H,4-5H2,1-3H3/b26-24-,29-28?. The van der Waals surface area contributed by atoms with Crippen LogP contribution < -0.4 is 9.80 Å². The zero-order valence-corrected chi connectivity index (χ0v) is 21.9. The van der Waals surface area contributed by atoms with Gasteiger partial charge in [0.1, 0.15) is 9.93 Å². The van der Waals surface area contributed by atoms with Crippen LogP contribution in [0, 0.1) is 6.92 Å². The highest BCUT2D eigenvalue weighted by atomic mass is 32.2. The second-order valence-corrected chi connectivity index (χ2v) is 10.2. The monoisotopic (exact) mass is 515 g/mol. The molecule has 2 heterocycles. The van der Waals surface area contributed by atoms with Gasteiger partial charge in [-0.25, -0.2) is 9.79 Å². The molecule has 0 N–H and O–H groups in total. The lowest BCUT2D eigenvalue weighted by atomic mass is 10.2. The summed E-state index contributed by atoms with van der Waals surface area (Å²) < 4.78 is 5.07. The number of aliphatic imine (C=N–C) groups is 1. The number of anilines is 2. The van der Waals surface area contributed by atoms with Crippen molar-refractivity contribution in [2.45, 2.75) is 25.7 Å². The van der Waals surface area contributed by atoms with E-state index in [1.807, 2.05) is 43.3 Å². The topological polar surface area (TPSA) is 62.2 Å². The minimum absolute atomic E-state index is 0.0961. The van der Waals surface area contributed by atoms with Crippen LogP contribution in [-0.2, 0) is 9.53 Å². The number of benzene rings is 3. The summed E-state index contributed by atoms with van der Waals surface area (Å²) in [6.07, 6.45) is 0. The largest absolute Gasteiger partial charge is 0.462 e. The van der Waals surface area contributed by atoms with E-state index in [9.17, 15) is 9.59 Å². The molecule has 182 valence electrons. The molecule has 2 aliphatic heterocycles. The highest BCUT2D eigenvalue weighted by Gasteiger charge is 2.40. The number of amidine groups is 1. The Morgan fingerprint density at radius 1 is 0.972 bits per heavy atom. The van der Waals surface area contributed by atoms with E-state index < -0.39 is 0 Å². The van der Waals surface area contributed by atoms with E-state index in [1.54, 1.807) is 47.9 Å². The summed E-state index contributed by atoms with van der Waals surface area (Å²) in [4.78, 5) is 36.4. The zero-order valence-electron chi connectivity index (χ0n) is 20.2. The fourth-order valence-electron chi connectivity index (χ4n) is 4.09. The quantitative estimate of drug-likeness (QED) is 0.277. The van der Waals surface area contributed by atoms with Crippen molar-refractivity contribution in [3.63, 3.8) is 0 Å². The van der Waals surface area contributed by atoms with Gasteiger partial charge >= 0.3 is 5.97 Å². The predicted molar refractivity (Wildman–Crippen MR) is 148 cm³/mol. The van der Waals surface area contributed by atoms with Crippen molar-refractivity contribution in [2.75, 3.05) is 23.0 Å². The van der Waals surface area contributed by atoms with Gasteiger partial charge in [-0.1, -0.05) is 36.0 Å². The molecule has 3 aromatic rings. The first kappa shape index (κ1) is 24.2. The number of nitrogens with zero attached hydrogens (tertiary/aromatic N) is 3. The Morgan fingerprint density at radius 2 is 1.75 bits per heavy atom. The van der Waals surface area contributed by atoms with Crippen LogP contribution in [0.5, 0.6) is 0 Å². The van der Waals surface area contributed by atoms with Crippen molar-refractivity contribution < 1.29 is 14.3 Å². The summed E-state index contributed by atoms with van der Waals surface area (Å²) in [6, 6.07) is 23.0. The first-order valence-electron chi connectivity index (χ1n) is 11.7. The van der Waals surface area contributed by atoms with Crippen LogP contribution in [-0.4, -0.2) is 30.2 Å². The number of fused-ring (bicyclic) bond motifs is 1. The second-order valence-electron chi connectivity index (χ2n) is 8.19. The molecule has 1 amide bonds. The molecule has 0 unspecified atom stereocenters. The van der Waals surface area contributed by atoms with Crippen LogP contribution in [0.25, 0.3) is 0 Å². The number of esters is 1. The lowest BCUT2D eigenvalue weighted by Crippen LogP contribution is -2.29. The number of hydrogen-bond acceptors (Lipinski definition) is 7. The number of amides is 1. The summed E-state index contributed by atoms with van der Waals surface area (Å²) in [5, 5.41) is 1.50. The van der Waals surface area contributed by atoms with Gasteiger partial charge in [0.25, 0.3) is 5.91 Å². The molecule has 0 atom stereocenters. The SMILES string of the molecule is CCOC(=O)c1ccc(N=C2S/C(=C3\Sc4ccccc4N3CC)C(=O)N2c2cccc(C)c2)cc1. The van der Waals surface area contributed by atoms with Crippen LogP contribution >= 0.6 is 23.5 Å². The van der Waals surface area contributed by atoms with Gasteiger partial charge in [0, 0.05) is 11.4 Å². The maximum Gasteiger partial charge on any atom is 0.338 e. The van der Waals surface area contributed by atoms with Crippen LogP contribution in [0.15, 0.2) is 92.6 Å². The molecule has 0 bridgehead atoms. The molecule has 0 saturated carbocycles. The number of hydrogen-bond donors (Lipinski definition) is 0. The Kier molecular flexibility index (Phi) is 6.89. The van der Waals surface area contributed by atoms with Gasteiger partial charge < -0.3 is 9.64 Å². The Hall–Kier alpha value is -3.49. The minimum atomic E-state index is -0.368. The average Bonchev–Trinajstić information content (AvgIpc) is 3.41. The molecular weight excluding hydrogens is 490 g/mol. The van der Waals surface area contributed by atoms with Crippen molar-refractivity contribution >= 4 is 57.6 Å². The zero-order chi connectivity index (χ0) is 25.2.